The van der Waals surface area contributed by atoms with Gasteiger partial charge in [0.1, 0.15) is 12.4 Å². The number of pyridine rings is 1. The summed E-state index contributed by atoms with van der Waals surface area (Å²) in [6, 6.07) is 11.2. The number of anilines is 2. The second-order valence-corrected chi connectivity index (χ2v) is 13.9. The van der Waals surface area contributed by atoms with E-state index in [1.165, 1.54) is 12.2 Å². The number of rotatable bonds is 6. The number of aliphatic hydroxyl groups is 2. The van der Waals surface area contributed by atoms with Crippen LogP contribution in [-0.2, 0) is 19.1 Å². The molecule has 1 aliphatic heterocycles. The van der Waals surface area contributed by atoms with Crippen molar-refractivity contribution in [1.29, 1.82) is 0 Å². The van der Waals surface area contributed by atoms with Crippen LogP contribution in [0.1, 0.15) is 69.9 Å². The van der Waals surface area contributed by atoms with Crippen LogP contribution in [0.25, 0.3) is 0 Å². The molecule has 5 aliphatic rings. The highest BCUT2D eigenvalue weighted by atomic mass is 19.1. The molecule has 5 N–H and O–H groups in total. The van der Waals surface area contributed by atoms with Gasteiger partial charge in [0.05, 0.1) is 12.2 Å². The molecule has 1 saturated heterocycles. The van der Waals surface area contributed by atoms with Crippen molar-refractivity contribution in [3.8, 4) is 0 Å². The smallest absolute Gasteiger partial charge is 0.193 e. The fourth-order valence-corrected chi connectivity index (χ4v) is 9.44. The molecular formula is C35H40FN3O6. The summed E-state index contributed by atoms with van der Waals surface area (Å²) in [5.41, 5.74) is 3.07. The number of hydrogen-bond acceptors (Lipinski definition) is 9. The van der Waals surface area contributed by atoms with Gasteiger partial charge in [-0.1, -0.05) is 30.7 Å². The van der Waals surface area contributed by atoms with E-state index in [9.17, 15) is 19.8 Å². The third kappa shape index (κ3) is 4.08. The Hall–Kier alpha value is -3.44. The van der Waals surface area contributed by atoms with Gasteiger partial charge >= 0.3 is 0 Å². The lowest BCUT2D eigenvalue weighted by molar-refractivity contribution is -0.231. The summed E-state index contributed by atoms with van der Waals surface area (Å²) in [5.74, 6) is -1.04. The molecule has 238 valence electrons. The average Bonchev–Trinajstić information content (AvgIpc) is 3.52. The fourth-order valence-electron chi connectivity index (χ4n) is 9.44. The first-order chi connectivity index (χ1) is 21.4. The number of alkyl halides is 1. The summed E-state index contributed by atoms with van der Waals surface area (Å²) in [5, 5.41) is 25.3. The molecule has 0 spiro atoms. The van der Waals surface area contributed by atoms with Gasteiger partial charge in [-0.2, -0.15) is 0 Å². The zero-order valence-electron chi connectivity index (χ0n) is 25.7. The Labute approximate surface area is 261 Å². The van der Waals surface area contributed by atoms with Gasteiger partial charge < -0.3 is 30.7 Å². The molecule has 7 rings (SSSR count). The maximum absolute atomic E-state index is 17.6. The van der Waals surface area contributed by atoms with Crippen LogP contribution < -0.4 is 11.1 Å². The molecule has 2 heterocycles. The standard InChI is InChI=1S/C35H40FN3O6/c1-19(20-4-8-23(37)9-5-20)39-30-11-6-21(17-38-30)31-44-29-15-26-25-10-7-22-14-24(41)12-13-32(22,2)34(25,36)27(42)16-33(26,3)35(29,45-31)28(43)18-40/h4-6,8-9,11-14,17,19,25-27,29,31,40,42H,7,10,15-16,18,37H2,1-3H3,(H,38,39)/t19-,25+,26+,27+,29-,31-,32+,33+,34+,35-/m1/s1. The zero-order chi connectivity index (χ0) is 31.9. The molecule has 4 aliphatic carbocycles. The third-order valence-electron chi connectivity index (χ3n) is 11.8. The number of carbonyl (C=O) groups is 2. The van der Waals surface area contributed by atoms with Crippen molar-refractivity contribution in [2.45, 2.75) is 82.3 Å². The molecule has 1 aromatic carbocycles. The van der Waals surface area contributed by atoms with E-state index in [1.54, 1.807) is 19.2 Å². The molecule has 2 aromatic rings. The predicted octanol–water partition coefficient (Wildman–Crippen LogP) is 4.53. The normalized spacial score (nSPS) is 40.5. The number of hydrogen-bond donors (Lipinski definition) is 4. The Morgan fingerprint density at radius 3 is 2.64 bits per heavy atom. The zero-order valence-corrected chi connectivity index (χ0v) is 25.7. The quantitative estimate of drug-likeness (QED) is 0.344. The lowest BCUT2D eigenvalue weighted by Gasteiger charge is -2.62. The minimum Gasteiger partial charge on any atom is -0.399 e. The third-order valence-corrected chi connectivity index (χ3v) is 11.8. The lowest BCUT2D eigenvalue weighted by Crippen LogP contribution is -2.69. The Kier molecular flexibility index (Phi) is 6.91. The molecule has 0 bridgehead atoms. The van der Waals surface area contributed by atoms with Crippen molar-refractivity contribution in [2.24, 2.45) is 22.7 Å². The van der Waals surface area contributed by atoms with E-state index in [2.05, 4.69) is 10.3 Å². The molecule has 10 heteroatoms. The van der Waals surface area contributed by atoms with Crippen LogP contribution in [0, 0.1) is 22.7 Å². The van der Waals surface area contributed by atoms with Crippen LogP contribution in [0.3, 0.4) is 0 Å². The largest absolute Gasteiger partial charge is 0.399 e. The van der Waals surface area contributed by atoms with Gasteiger partial charge in [-0.05, 0) is 87.4 Å². The minimum absolute atomic E-state index is 0.0248. The van der Waals surface area contributed by atoms with E-state index in [1.807, 2.05) is 50.2 Å². The molecule has 9 nitrogen and oxygen atoms in total. The molecule has 0 amide bonds. The van der Waals surface area contributed by atoms with E-state index >= 15 is 4.39 Å². The average molecular weight is 618 g/mol. The number of nitrogens with zero attached hydrogens (tertiary/aromatic N) is 1. The van der Waals surface area contributed by atoms with Crippen LogP contribution >= 0.6 is 0 Å². The van der Waals surface area contributed by atoms with Crippen LogP contribution in [0.15, 0.2) is 66.4 Å². The van der Waals surface area contributed by atoms with Gasteiger partial charge in [-0.15, -0.1) is 0 Å². The molecule has 0 unspecified atom stereocenters. The Bertz CT molecular complexity index is 1600. The first-order valence-electron chi connectivity index (χ1n) is 15.7. The number of ether oxygens (including phenoxy) is 2. The fraction of sp³-hybridized carbons (Fsp3) is 0.514. The predicted molar refractivity (Wildman–Crippen MR) is 164 cm³/mol. The van der Waals surface area contributed by atoms with Crippen molar-refractivity contribution in [3.05, 3.63) is 77.5 Å². The summed E-state index contributed by atoms with van der Waals surface area (Å²) in [7, 11) is 0. The molecule has 1 aromatic heterocycles. The Morgan fingerprint density at radius 1 is 1.20 bits per heavy atom. The topological polar surface area (TPSA) is 144 Å². The van der Waals surface area contributed by atoms with Crippen LogP contribution in [0.2, 0.25) is 0 Å². The number of carbonyl (C=O) groups excluding carboxylic acids is 2. The number of Topliss-reactive ketones (excluding diaryl/α,β-unsaturated/α-hetero) is 1. The number of nitrogen functional groups attached to an aromatic ring is 1. The van der Waals surface area contributed by atoms with E-state index in [0.717, 1.165) is 5.56 Å². The Balaban J connectivity index is 1.16. The number of ketones is 2. The molecule has 10 atom stereocenters. The van der Waals surface area contributed by atoms with Crippen molar-refractivity contribution < 1.29 is 33.7 Å². The van der Waals surface area contributed by atoms with Gasteiger partial charge in [0.25, 0.3) is 0 Å². The van der Waals surface area contributed by atoms with Gasteiger partial charge in [-0.3, -0.25) is 9.59 Å². The van der Waals surface area contributed by atoms with Crippen LogP contribution in [0.4, 0.5) is 15.9 Å². The molecule has 4 fully saturated rings. The van der Waals surface area contributed by atoms with Gasteiger partial charge in [0.2, 0.25) is 0 Å². The maximum atomic E-state index is 17.6. The van der Waals surface area contributed by atoms with E-state index in [0.29, 0.717) is 41.9 Å². The van der Waals surface area contributed by atoms with Crippen molar-refractivity contribution in [1.82, 2.24) is 4.98 Å². The second kappa shape index (κ2) is 10.3. The summed E-state index contributed by atoms with van der Waals surface area (Å²) in [4.78, 5) is 30.4. The highest BCUT2D eigenvalue weighted by Gasteiger charge is 2.79. The summed E-state index contributed by atoms with van der Waals surface area (Å²) >= 11 is 0. The maximum Gasteiger partial charge on any atom is 0.193 e. The molecular weight excluding hydrogens is 577 g/mol. The summed E-state index contributed by atoms with van der Waals surface area (Å²) in [6.45, 7) is 4.88. The van der Waals surface area contributed by atoms with E-state index in [-0.39, 0.29) is 24.2 Å². The number of aliphatic hydroxyl groups excluding tert-OH is 2. The highest BCUT2D eigenvalue weighted by molar-refractivity contribution is 6.01. The number of fused-ring (bicyclic) bond motifs is 7. The first-order valence-corrected chi connectivity index (χ1v) is 15.7. The van der Waals surface area contributed by atoms with Crippen LogP contribution in [-0.4, -0.2) is 56.8 Å². The monoisotopic (exact) mass is 617 g/mol. The van der Waals surface area contributed by atoms with Gasteiger partial charge in [0, 0.05) is 40.2 Å². The van der Waals surface area contributed by atoms with E-state index in [4.69, 9.17) is 15.2 Å². The number of halogens is 1. The number of nitrogens with two attached hydrogens (primary N) is 1. The number of nitrogens with one attached hydrogen (secondary N) is 1. The SMILES string of the molecule is C[C@@H](Nc1ccc([C@@H]2O[C@@H]3C[C@H]4[C@@H]5CCC6=CC(=O)C=C[C@]6(C)[C@@]5(F)[C@@H](O)C[C@]4(C)[C@]3(C(=O)CO)O2)cn1)c1ccc(N)cc1. The van der Waals surface area contributed by atoms with Crippen LogP contribution in [0.5, 0.6) is 0 Å². The van der Waals surface area contributed by atoms with Gasteiger partial charge in [0.15, 0.2) is 29.1 Å². The summed E-state index contributed by atoms with van der Waals surface area (Å²) < 4.78 is 30.6. The van der Waals surface area contributed by atoms with Crippen molar-refractivity contribution in [2.75, 3.05) is 17.7 Å². The Morgan fingerprint density at radius 2 is 1.96 bits per heavy atom. The molecule has 45 heavy (non-hydrogen) atoms. The number of allylic oxidation sites excluding steroid dienone is 4. The first kappa shape index (κ1) is 30.2. The highest BCUT2D eigenvalue weighted by Crippen LogP contribution is 2.72. The van der Waals surface area contributed by atoms with Gasteiger partial charge in [-0.25, -0.2) is 9.37 Å². The molecule has 0 radical (unpaired) electrons. The van der Waals surface area contributed by atoms with Crippen molar-refractivity contribution >= 4 is 23.1 Å². The second-order valence-electron chi connectivity index (χ2n) is 13.9. The molecule has 3 saturated carbocycles. The summed E-state index contributed by atoms with van der Waals surface area (Å²) in [6.07, 6.45) is 4.24. The lowest BCUT2D eigenvalue weighted by atomic mass is 9.44. The minimum atomic E-state index is -2.05. The number of aromatic nitrogens is 1. The number of benzene rings is 1. The van der Waals surface area contributed by atoms with Crippen molar-refractivity contribution in [3.63, 3.8) is 0 Å². The van der Waals surface area contributed by atoms with E-state index < -0.39 is 58.9 Å².